The summed E-state index contributed by atoms with van der Waals surface area (Å²) in [4.78, 5) is 27.5. The third kappa shape index (κ3) is 4.54. The Balaban J connectivity index is 1.35. The molecule has 0 unspecified atom stereocenters. The van der Waals surface area contributed by atoms with Gasteiger partial charge in [-0.1, -0.05) is 44.9 Å². The molecule has 0 saturated carbocycles. The molecule has 1 aliphatic carbocycles. The van der Waals surface area contributed by atoms with E-state index in [1.165, 1.54) is 11.3 Å². The molecule has 3 aromatic rings. The van der Waals surface area contributed by atoms with E-state index in [0.717, 1.165) is 35.2 Å². The molecular weight excluding hydrogens is 464 g/mol. The van der Waals surface area contributed by atoms with Crippen LogP contribution in [0.1, 0.15) is 76.3 Å². The van der Waals surface area contributed by atoms with Crippen LogP contribution in [-0.2, 0) is 19.4 Å². The summed E-state index contributed by atoms with van der Waals surface area (Å²) >= 11 is 0. The molecule has 3 N–H and O–H groups in total. The van der Waals surface area contributed by atoms with Gasteiger partial charge in [-0.3, -0.25) is 14.7 Å². The number of hydrogen-bond donors (Lipinski definition) is 3. The van der Waals surface area contributed by atoms with Crippen molar-refractivity contribution in [2.24, 2.45) is 5.41 Å². The fourth-order valence-corrected chi connectivity index (χ4v) is 5.42. The van der Waals surface area contributed by atoms with Crippen molar-refractivity contribution >= 4 is 11.8 Å². The van der Waals surface area contributed by atoms with E-state index in [0.29, 0.717) is 24.1 Å². The number of rotatable bonds is 7. The number of carbonyl (C=O) groups is 2. The van der Waals surface area contributed by atoms with Crippen LogP contribution >= 0.6 is 0 Å². The van der Waals surface area contributed by atoms with Crippen LogP contribution in [0, 0.1) is 17.8 Å². The van der Waals surface area contributed by atoms with Crippen LogP contribution < -0.4 is 5.32 Å². The van der Waals surface area contributed by atoms with E-state index in [4.69, 9.17) is 6.42 Å². The largest absolute Gasteiger partial charge is 0.394 e. The molecule has 7 nitrogen and oxygen atoms in total. The number of carbonyl (C=O) groups excluding carboxylic acids is 2. The van der Waals surface area contributed by atoms with Crippen molar-refractivity contribution in [2.75, 3.05) is 6.61 Å². The molecule has 0 spiro atoms. The van der Waals surface area contributed by atoms with E-state index >= 15 is 0 Å². The fraction of sp³-hybridized carbons (Fsp3) is 0.367. The topological polar surface area (TPSA) is 98.3 Å². The number of nitrogens with one attached hydrogen (secondary N) is 2. The summed E-state index contributed by atoms with van der Waals surface area (Å²) in [5.74, 6) is 2.41. The maximum Gasteiger partial charge on any atom is 0.255 e. The Kier molecular flexibility index (Phi) is 6.38. The summed E-state index contributed by atoms with van der Waals surface area (Å²) in [6.45, 7) is 6.73. The van der Waals surface area contributed by atoms with Crippen LogP contribution in [0.25, 0.3) is 11.3 Å². The summed E-state index contributed by atoms with van der Waals surface area (Å²) in [7, 11) is 0. The van der Waals surface area contributed by atoms with Gasteiger partial charge in [-0.15, -0.1) is 6.42 Å². The Hall–Kier alpha value is -3.89. The predicted octanol–water partition coefficient (Wildman–Crippen LogP) is 4.03. The van der Waals surface area contributed by atoms with Crippen molar-refractivity contribution in [2.45, 2.75) is 58.7 Å². The van der Waals surface area contributed by atoms with Crippen molar-refractivity contribution in [1.82, 2.24) is 20.4 Å². The van der Waals surface area contributed by atoms with E-state index in [-0.39, 0.29) is 29.9 Å². The van der Waals surface area contributed by atoms with E-state index in [2.05, 4.69) is 41.3 Å². The number of nitrogens with zero attached hydrogens (tertiary/aromatic N) is 2. The number of aromatic amines is 1. The van der Waals surface area contributed by atoms with Crippen molar-refractivity contribution in [3.8, 4) is 23.6 Å². The number of aliphatic hydroxyl groups excluding tert-OH is 1. The van der Waals surface area contributed by atoms with Gasteiger partial charge < -0.3 is 15.3 Å². The third-order valence-corrected chi connectivity index (χ3v) is 7.48. The first-order chi connectivity index (χ1) is 17.7. The maximum atomic E-state index is 13.3. The van der Waals surface area contributed by atoms with Gasteiger partial charge in [0.2, 0.25) is 0 Å². The molecule has 0 saturated heterocycles. The number of terminal acetylenes is 1. The molecule has 2 aromatic carbocycles. The Bertz CT molecular complexity index is 1390. The minimum atomic E-state index is -0.559. The highest BCUT2D eigenvalue weighted by Crippen LogP contribution is 2.41. The fourth-order valence-electron chi connectivity index (χ4n) is 5.42. The SMILES string of the molecule is C#C[C@H](c1ccc(C(=O)N[C@@H](CC)CO)cc1)N1Cc2cc(-c3n[nH]c4c3CC(C)(C)C4)ccc2C1=O. The average molecular weight is 497 g/mol. The van der Waals surface area contributed by atoms with Gasteiger partial charge in [0.25, 0.3) is 11.8 Å². The smallest absolute Gasteiger partial charge is 0.255 e. The lowest BCUT2D eigenvalue weighted by Crippen LogP contribution is -2.36. The van der Waals surface area contributed by atoms with Crippen LogP contribution in [0.2, 0.25) is 0 Å². The lowest BCUT2D eigenvalue weighted by atomic mass is 9.90. The second-order valence-electron chi connectivity index (χ2n) is 10.8. The molecule has 7 heteroatoms. The molecule has 1 aliphatic heterocycles. The van der Waals surface area contributed by atoms with Crippen LogP contribution in [0.5, 0.6) is 0 Å². The Labute approximate surface area is 217 Å². The Morgan fingerprint density at radius 3 is 2.68 bits per heavy atom. The first-order valence-electron chi connectivity index (χ1n) is 12.7. The average Bonchev–Trinajstić information content (AvgIpc) is 3.52. The predicted molar refractivity (Wildman–Crippen MR) is 142 cm³/mol. The van der Waals surface area contributed by atoms with E-state index in [1.807, 2.05) is 19.1 Å². The molecule has 190 valence electrons. The highest BCUT2D eigenvalue weighted by molar-refractivity contribution is 5.99. The lowest BCUT2D eigenvalue weighted by molar-refractivity contribution is 0.0742. The second-order valence-corrected chi connectivity index (χ2v) is 10.8. The highest BCUT2D eigenvalue weighted by atomic mass is 16.3. The normalized spacial score (nSPS) is 17.2. The number of hydrogen-bond acceptors (Lipinski definition) is 4. The van der Waals surface area contributed by atoms with Gasteiger partial charge in [0, 0.05) is 34.5 Å². The minimum Gasteiger partial charge on any atom is -0.394 e. The van der Waals surface area contributed by atoms with Gasteiger partial charge in [0.05, 0.1) is 18.3 Å². The van der Waals surface area contributed by atoms with Crippen LogP contribution in [0.3, 0.4) is 0 Å². The van der Waals surface area contributed by atoms with Gasteiger partial charge in [0.15, 0.2) is 0 Å². The van der Waals surface area contributed by atoms with E-state index in [9.17, 15) is 14.7 Å². The zero-order valence-corrected chi connectivity index (χ0v) is 21.5. The van der Waals surface area contributed by atoms with E-state index < -0.39 is 6.04 Å². The molecule has 5 rings (SSSR count). The summed E-state index contributed by atoms with van der Waals surface area (Å²) in [5, 5.41) is 19.9. The van der Waals surface area contributed by atoms with Crippen molar-refractivity contribution < 1.29 is 14.7 Å². The molecule has 1 aromatic heterocycles. The molecule has 37 heavy (non-hydrogen) atoms. The van der Waals surface area contributed by atoms with Crippen molar-refractivity contribution in [1.29, 1.82) is 0 Å². The van der Waals surface area contributed by atoms with Gasteiger partial charge >= 0.3 is 0 Å². The first-order valence-corrected chi connectivity index (χ1v) is 12.7. The number of fused-ring (bicyclic) bond motifs is 2. The molecule has 0 radical (unpaired) electrons. The standard InChI is InChI=1S/C30H32N4O3/c1-5-22(17-35)31-28(36)19-9-7-18(8-10-19)26(6-2)34-16-21-13-20(11-12-23(21)29(34)37)27-24-14-30(3,4)15-25(24)32-33-27/h2,7-13,22,26,35H,5,14-17H2,1,3-4H3,(H,31,36)(H,32,33)/t22-,26+/m0/s1. The van der Waals surface area contributed by atoms with Gasteiger partial charge in [-0.2, -0.15) is 5.10 Å². The van der Waals surface area contributed by atoms with Gasteiger partial charge in [-0.25, -0.2) is 0 Å². The molecule has 2 amide bonds. The summed E-state index contributed by atoms with van der Waals surface area (Å²) in [6.07, 6.45) is 8.51. The zero-order chi connectivity index (χ0) is 26.3. The highest BCUT2D eigenvalue weighted by Gasteiger charge is 2.35. The zero-order valence-electron chi connectivity index (χ0n) is 21.5. The monoisotopic (exact) mass is 496 g/mol. The number of aromatic nitrogens is 2. The first kappa shape index (κ1) is 24.8. The number of aliphatic hydroxyl groups is 1. The van der Waals surface area contributed by atoms with Crippen LogP contribution in [-0.4, -0.2) is 44.7 Å². The molecule has 2 aliphatic rings. The van der Waals surface area contributed by atoms with Gasteiger partial charge in [-0.05, 0) is 60.1 Å². The second kappa shape index (κ2) is 9.53. The quantitative estimate of drug-likeness (QED) is 0.430. The molecule has 0 fully saturated rings. The Morgan fingerprint density at radius 1 is 1.24 bits per heavy atom. The number of benzene rings is 2. The Morgan fingerprint density at radius 2 is 2.00 bits per heavy atom. The maximum absolute atomic E-state index is 13.3. The van der Waals surface area contributed by atoms with E-state index in [1.54, 1.807) is 29.2 Å². The molecular formula is C30H32N4O3. The number of amides is 2. The third-order valence-electron chi connectivity index (χ3n) is 7.48. The van der Waals surface area contributed by atoms with Crippen molar-refractivity contribution in [3.63, 3.8) is 0 Å². The summed E-state index contributed by atoms with van der Waals surface area (Å²) in [6, 6.07) is 12.0. The molecule has 0 bridgehead atoms. The molecule has 2 atom stereocenters. The molecule has 2 heterocycles. The summed E-state index contributed by atoms with van der Waals surface area (Å²) in [5.41, 5.74) is 7.47. The summed E-state index contributed by atoms with van der Waals surface area (Å²) < 4.78 is 0. The van der Waals surface area contributed by atoms with Crippen molar-refractivity contribution in [3.05, 3.63) is 76.0 Å². The number of H-pyrrole nitrogens is 1. The lowest BCUT2D eigenvalue weighted by Gasteiger charge is -2.24. The minimum absolute atomic E-state index is 0.103. The van der Waals surface area contributed by atoms with Crippen LogP contribution in [0.15, 0.2) is 42.5 Å². The van der Waals surface area contributed by atoms with Gasteiger partial charge in [0.1, 0.15) is 6.04 Å². The van der Waals surface area contributed by atoms with Crippen LogP contribution in [0.4, 0.5) is 0 Å².